The van der Waals surface area contributed by atoms with Gasteiger partial charge in [0, 0.05) is 0 Å². The fourth-order valence-electron chi connectivity index (χ4n) is 17.6. The molecule has 10 rings (SSSR count). The predicted molar refractivity (Wildman–Crippen MR) is 289 cm³/mol. The van der Waals surface area contributed by atoms with Crippen molar-refractivity contribution in [2.45, 2.75) is 273 Å². The Balaban J connectivity index is 0.812. The average Bonchev–Trinajstić information content (AvgIpc) is 0.686. The molecule has 0 aromatic carbocycles. The molecular weight excluding hydrogens is 1140 g/mol. The Hall–Kier alpha value is -2.24. The maximum absolute atomic E-state index is 15.2. The van der Waals surface area contributed by atoms with Gasteiger partial charge in [-0.05, 0) is 116 Å². The van der Waals surface area contributed by atoms with Gasteiger partial charge in [0.05, 0.1) is 37.4 Å². The smallest absolute Gasteiger partial charge is 0.335 e. The third-order valence-corrected chi connectivity index (χ3v) is 23.0. The van der Waals surface area contributed by atoms with Crippen LogP contribution in [-0.4, -0.2) is 262 Å². The van der Waals surface area contributed by atoms with E-state index in [1.54, 1.807) is 0 Å². The van der Waals surface area contributed by atoms with Crippen molar-refractivity contribution in [3.05, 3.63) is 11.6 Å². The van der Waals surface area contributed by atoms with Gasteiger partial charge < -0.3 is 124 Å². The molecule has 5 saturated heterocycles. The molecule has 10 aliphatic rings. The maximum atomic E-state index is 15.2. The summed E-state index contributed by atoms with van der Waals surface area (Å²) in [6.45, 7) is 15.4. The quantitative estimate of drug-likeness (QED) is 0.0517. The van der Waals surface area contributed by atoms with Gasteiger partial charge in [-0.15, -0.1) is 0 Å². The summed E-state index contributed by atoms with van der Waals surface area (Å²) in [6, 6.07) is 0. The highest BCUT2D eigenvalue weighted by molar-refractivity contribution is 5.79. The van der Waals surface area contributed by atoms with E-state index in [0.717, 1.165) is 25.7 Å². The summed E-state index contributed by atoms with van der Waals surface area (Å²) in [5.41, 5.74) is -1.33. The molecule has 5 aliphatic heterocycles. The van der Waals surface area contributed by atoms with E-state index in [-0.39, 0.29) is 46.0 Å². The van der Waals surface area contributed by atoms with Crippen molar-refractivity contribution in [1.82, 2.24) is 0 Å². The zero-order valence-electron chi connectivity index (χ0n) is 50.0. The number of carbonyl (C=O) groups excluding carboxylic acids is 1. The first kappa shape index (κ1) is 66.7. The molecule has 15 N–H and O–H groups in total. The Morgan fingerprint density at radius 1 is 0.581 bits per heavy atom. The molecule has 5 heterocycles. The summed E-state index contributed by atoms with van der Waals surface area (Å²) in [5.74, 6) is -2.19. The number of esters is 1. The number of carbonyl (C=O) groups is 2. The van der Waals surface area contributed by atoms with Crippen LogP contribution in [0, 0.1) is 50.2 Å². The molecule has 27 nitrogen and oxygen atoms in total. The summed E-state index contributed by atoms with van der Waals surface area (Å²) in [7, 11) is 0. The molecule has 9 fully saturated rings. The monoisotopic (exact) mass is 1230 g/mol. The lowest BCUT2D eigenvalue weighted by Gasteiger charge is -2.71. The summed E-state index contributed by atoms with van der Waals surface area (Å²) >= 11 is 0. The van der Waals surface area contributed by atoms with E-state index in [0.29, 0.717) is 38.5 Å². The van der Waals surface area contributed by atoms with E-state index >= 15 is 4.79 Å². The van der Waals surface area contributed by atoms with Crippen LogP contribution in [0.4, 0.5) is 0 Å². The van der Waals surface area contributed by atoms with Crippen LogP contribution in [-0.2, 0) is 57.0 Å². The summed E-state index contributed by atoms with van der Waals surface area (Å²) in [6.07, 6.45) is -31.8. The molecule has 0 unspecified atom stereocenters. The molecule has 5 aliphatic carbocycles. The van der Waals surface area contributed by atoms with Crippen molar-refractivity contribution in [1.29, 1.82) is 0 Å². The molecular formula is C59H94O27. The van der Waals surface area contributed by atoms with Crippen molar-refractivity contribution in [3.63, 3.8) is 0 Å². The second kappa shape index (κ2) is 24.3. The minimum absolute atomic E-state index is 0.123. The topological polar surface area (TPSA) is 430 Å². The summed E-state index contributed by atoms with van der Waals surface area (Å²) in [5, 5.41) is 161. The Labute approximate surface area is 499 Å². The fraction of sp³-hybridized carbons (Fsp3) is 0.932. The van der Waals surface area contributed by atoms with Crippen molar-refractivity contribution in [3.8, 4) is 0 Å². The van der Waals surface area contributed by atoms with Gasteiger partial charge in [0.2, 0.25) is 6.29 Å². The molecule has 0 radical (unpaired) electrons. The van der Waals surface area contributed by atoms with Gasteiger partial charge in [0.1, 0.15) is 104 Å². The van der Waals surface area contributed by atoms with Crippen LogP contribution in [0.2, 0.25) is 0 Å². The van der Waals surface area contributed by atoms with E-state index < -0.39 is 190 Å². The molecule has 0 aromatic heterocycles. The third kappa shape index (κ3) is 11.1. The number of allylic oxidation sites excluding steroid dienone is 2. The molecule has 492 valence electrons. The van der Waals surface area contributed by atoms with Crippen LogP contribution in [0.5, 0.6) is 0 Å². The Kier molecular flexibility index (Phi) is 18.9. The van der Waals surface area contributed by atoms with Crippen LogP contribution in [0.25, 0.3) is 0 Å². The lowest BCUT2D eigenvalue weighted by Crippen LogP contribution is -2.66. The molecule has 0 spiro atoms. The van der Waals surface area contributed by atoms with Crippen molar-refractivity contribution < 1.29 is 134 Å². The van der Waals surface area contributed by atoms with Crippen LogP contribution < -0.4 is 0 Å². The van der Waals surface area contributed by atoms with Crippen LogP contribution in [0.15, 0.2) is 11.6 Å². The number of ether oxygens (including phenoxy) is 10. The Bertz CT molecular complexity index is 2450. The number of aliphatic hydroxyl groups is 14. The number of hydrogen-bond donors (Lipinski definition) is 15. The van der Waals surface area contributed by atoms with Gasteiger partial charge >= 0.3 is 11.9 Å². The Morgan fingerprint density at radius 2 is 1.19 bits per heavy atom. The van der Waals surface area contributed by atoms with Crippen LogP contribution >= 0.6 is 0 Å². The van der Waals surface area contributed by atoms with Gasteiger partial charge in [0.25, 0.3) is 0 Å². The number of carboxylic acids is 1. The number of aliphatic hydroxyl groups excluding tert-OH is 14. The van der Waals surface area contributed by atoms with Gasteiger partial charge in [0.15, 0.2) is 31.3 Å². The first-order valence-electron chi connectivity index (χ1n) is 30.6. The molecule has 86 heavy (non-hydrogen) atoms. The van der Waals surface area contributed by atoms with Gasteiger partial charge in [-0.25, -0.2) is 4.79 Å². The van der Waals surface area contributed by atoms with Gasteiger partial charge in [-0.2, -0.15) is 0 Å². The van der Waals surface area contributed by atoms with Crippen molar-refractivity contribution >= 4 is 11.9 Å². The molecule has 32 atom stereocenters. The average molecular weight is 1240 g/mol. The molecule has 0 amide bonds. The van der Waals surface area contributed by atoms with Crippen LogP contribution in [0.1, 0.15) is 120 Å². The SMILES string of the molecule is C[C@@H]1O[C@@H](O[C@H]2[C@H](O)[C@@H](O)[C@H](OC[C@H]3O[C@@H](OC(=O)[C@]45CCC(C)(C)C[C@H]4C4=CC[C@@H]6[C@@]7(C)CC[C@H](O[C@@H]8OC[C@H](O)[C@H](O[C@@H]9O[C@H](C(=O)O)[C@@H](O)[C@H](O)[C@H]9O)[C@H]8O)C(C)(C)[C@@H]7CC[C@@]6(C)[C@]4(C)CC5)[C@H](O)[C@@H](O)[C@@H]3O)O[C@@H]2CO)[C@H](O)[C@H](O)[C@H]1O. The van der Waals surface area contributed by atoms with Crippen molar-refractivity contribution in [2.24, 2.45) is 50.2 Å². The third-order valence-electron chi connectivity index (χ3n) is 23.0. The minimum Gasteiger partial charge on any atom is -0.479 e. The first-order valence-corrected chi connectivity index (χ1v) is 30.6. The number of hydrogen-bond acceptors (Lipinski definition) is 26. The summed E-state index contributed by atoms with van der Waals surface area (Å²) in [4.78, 5) is 27.0. The number of aliphatic carboxylic acids is 1. The molecule has 0 bridgehead atoms. The first-order chi connectivity index (χ1) is 40.2. The highest BCUT2D eigenvalue weighted by atomic mass is 16.8. The normalized spacial score (nSPS) is 53.6. The highest BCUT2D eigenvalue weighted by Crippen LogP contribution is 2.76. The molecule has 27 heteroatoms. The van der Waals surface area contributed by atoms with Gasteiger partial charge in [-0.3, -0.25) is 4.79 Å². The summed E-state index contributed by atoms with van der Waals surface area (Å²) < 4.78 is 58.5. The number of rotatable bonds is 13. The zero-order chi connectivity index (χ0) is 62.9. The minimum atomic E-state index is -1.97. The Morgan fingerprint density at radius 3 is 1.86 bits per heavy atom. The standard InChI is InChI=1S/C59H94O27/c1-23-32(62)34(64)39(69)50(79-23)84-45-27(20-60)80-48(42(72)38(45)68)78-22-28-33(63)35(65)40(70)51(81-28)86-53(76)59-17-15-54(2,3)19-25(59)24-9-10-30-56(6)13-12-31(55(4,5)29(56)11-14-58(30,8)57(24,7)16-18-59)82-49-43(73)44(26(61)21-77-49)83-52-41(71)36(66)37(67)46(85-52)47(74)75/h9,23,25-46,48-52,60-73H,10-22H2,1-8H3,(H,74,75)/t23-,25-,26-,27+,28+,29-,30+,31-,32-,33+,34+,35-,36-,37-,38+,39+,40+,41+,42+,43+,44-,45+,46-,48+,49-,50-,51-,52+,56-,57+,58+,59-/m0/s1. The predicted octanol–water partition coefficient (Wildman–Crippen LogP) is -2.45. The van der Waals surface area contributed by atoms with E-state index in [1.165, 1.54) is 12.5 Å². The highest BCUT2D eigenvalue weighted by Gasteiger charge is 2.70. The van der Waals surface area contributed by atoms with Gasteiger partial charge in [-0.1, -0.05) is 60.1 Å². The maximum Gasteiger partial charge on any atom is 0.335 e. The van der Waals surface area contributed by atoms with Crippen molar-refractivity contribution in [2.75, 3.05) is 19.8 Å². The van der Waals surface area contributed by atoms with E-state index in [4.69, 9.17) is 47.4 Å². The lowest BCUT2D eigenvalue weighted by atomic mass is 9.33. The zero-order valence-corrected chi connectivity index (χ0v) is 50.0. The largest absolute Gasteiger partial charge is 0.479 e. The van der Waals surface area contributed by atoms with E-state index in [1.807, 2.05) is 0 Å². The number of carboxylic acid groups (broad SMARTS) is 1. The van der Waals surface area contributed by atoms with E-state index in [9.17, 15) is 81.4 Å². The van der Waals surface area contributed by atoms with E-state index in [2.05, 4.69) is 54.5 Å². The second-order valence-electron chi connectivity index (χ2n) is 28.7. The second-order valence-corrected chi connectivity index (χ2v) is 28.7. The molecule has 4 saturated carbocycles. The fourth-order valence-corrected chi connectivity index (χ4v) is 17.6. The molecule has 0 aromatic rings. The lowest BCUT2D eigenvalue weighted by molar-refractivity contribution is -0.361. The van der Waals surface area contributed by atoms with Crippen LogP contribution in [0.3, 0.4) is 0 Å². The number of fused-ring (bicyclic) bond motifs is 7.